The minimum Gasteiger partial charge on any atom is -0.464 e. The molecule has 6 nitrogen and oxygen atoms in total. The monoisotopic (exact) mass is 454 g/mol. The summed E-state index contributed by atoms with van der Waals surface area (Å²) >= 11 is 0. The van der Waals surface area contributed by atoms with Crippen LogP contribution in [0.25, 0.3) is 11.0 Å². The smallest absolute Gasteiger partial charge is 0.227 e. The first-order valence-electron chi connectivity index (χ1n) is 11.0. The van der Waals surface area contributed by atoms with Crippen LogP contribution in [0.15, 0.2) is 53.1 Å². The molecular weight excluding hydrogens is 424 g/mol. The van der Waals surface area contributed by atoms with Gasteiger partial charge in [-0.05, 0) is 48.2 Å². The Labute approximate surface area is 189 Å². The van der Waals surface area contributed by atoms with Crippen LogP contribution in [-0.2, 0) is 34.0 Å². The Morgan fingerprint density at radius 1 is 1.09 bits per heavy atom. The van der Waals surface area contributed by atoms with Crippen molar-refractivity contribution < 1.29 is 17.6 Å². The largest absolute Gasteiger partial charge is 0.464 e. The standard InChI is InChI=1S/C25H30N2O4S/c1-4-18-7-10-24-23(13-18)20(16-31-24)14-25(28)27(22-11-12-32(29,30)17-22)15-19-5-8-21(9-6-19)26(2)3/h5-10,13,16,22H,4,11-12,14-15,17H2,1-3H3/t22-/m0/s1. The number of carbonyl (C=O) groups is 1. The zero-order valence-corrected chi connectivity index (χ0v) is 19.7. The fourth-order valence-electron chi connectivity index (χ4n) is 4.29. The van der Waals surface area contributed by atoms with Gasteiger partial charge in [-0.15, -0.1) is 0 Å². The van der Waals surface area contributed by atoms with Gasteiger partial charge in [-0.1, -0.05) is 25.1 Å². The summed E-state index contributed by atoms with van der Waals surface area (Å²) in [7, 11) is 0.850. The average Bonchev–Trinajstić information content (AvgIpc) is 3.34. The lowest BCUT2D eigenvalue weighted by Crippen LogP contribution is -2.41. The van der Waals surface area contributed by atoms with E-state index in [1.54, 1.807) is 11.2 Å². The highest BCUT2D eigenvalue weighted by atomic mass is 32.2. The van der Waals surface area contributed by atoms with Crippen LogP contribution in [-0.4, -0.2) is 50.9 Å². The van der Waals surface area contributed by atoms with E-state index >= 15 is 0 Å². The molecule has 3 aromatic rings. The van der Waals surface area contributed by atoms with Crippen LogP contribution in [0, 0.1) is 0 Å². The Morgan fingerprint density at radius 3 is 2.44 bits per heavy atom. The van der Waals surface area contributed by atoms with E-state index in [1.807, 2.05) is 55.4 Å². The maximum atomic E-state index is 13.5. The Morgan fingerprint density at radius 2 is 1.81 bits per heavy atom. The second kappa shape index (κ2) is 8.98. The third-order valence-electron chi connectivity index (χ3n) is 6.24. The van der Waals surface area contributed by atoms with Gasteiger partial charge in [0.25, 0.3) is 0 Å². The number of carbonyl (C=O) groups excluding carboxylic acids is 1. The third kappa shape index (κ3) is 4.83. The number of hydrogen-bond acceptors (Lipinski definition) is 5. The molecule has 1 aliphatic rings. The van der Waals surface area contributed by atoms with E-state index in [-0.39, 0.29) is 29.9 Å². The number of hydrogen-bond donors (Lipinski definition) is 0. The molecule has 1 aliphatic heterocycles. The van der Waals surface area contributed by atoms with E-state index in [2.05, 4.69) is 13.0 Å². The highest BCUT2D eigenvalue weighted by Crippen LogP contribution is 2.26. The molecule has 1 amide bonds. The minimum atomic E-state index is -3.11. The summed E-state index contributed by atoms with van der Waals surface area (Å²) < 4.78 is 30.0. The second-order valence-corrected chi connectivity index (χ2v) is 11.0. The van der Waals surface area contributed by atoms with Crippen LogP contribution in [0.4, 0.5) is 5.69 Å². The lowest BCUT2D eigenvalue weighted by molar-refractivity contribution is -0.133. The van der Waals surface area contributed by atoms with Gasteiger partial charge in [0.2, 0.25) is 5.91 Å². The summed E-state index contributed by atoms with van der Waals surface area (Å²) in [5.74, 6) is 0.0873. The van der Waals surface area contributed by atoms with Crippen molar-refractivity contribution in [3.05, 3.63) is 65.4 Å². The van der Waals surface area contributed by atoms with Gasteiger partial charge < -0.3 is 14.2 Å². The lowest BCUT2D eigenvalue weighted by atomic mass is 10.0. The SMILES string of the molecule is CCc1ccc2occ(CC(=O)N(Cc3ccc(N(C)C)cc3)[C@H]3CCS(=O)(=O)C3)c2c1. The van der Waals surface area contributed by atoms with Gasteiger partial charge in [0.05, 0.1) is 24.2 Å². The van der Waals surface area contributed by atoms with Crippen molar-refractivity contribution in [3.8, 4) is 0 Å². The average molecular weight is 455 g/mol. The molecule has 0 saturated carbocycles. The first-order chi connectivity index (χ1) is 15.3. The van der Waals surface area contributed by atoms with Gasteiger partial charge >= 0.3 is 0 Å². The van der Waals surface area contributed by atoms with E-state index in [0.717, 1.165) is 34.2 Å². The van der Waals surface area contributed by atoms with E-state index in [1.165, 1.54) is 5.56 Å². The molecule has 1 saturated heterocycles. The molecule has 0 unspecified atom stereocenters. The number of nitrogens with zero attached hydrogens (tertiary/aromatic N) is 2. The summed E-state index contributed by atoms with van der Waals surface area (Å²) in [5, 5.41) is 0.951. The van der Waals surface area contributed by atoms with Crippen molar-refractivity contribution >= 4 is 32.4 Å². The van der Waals surface area contributed by atoms with Gasteiger partial charge in [-0.2, -0.15) is 0 Å². The van der Waals surface area contributed by atoms with E-state index in [9.17, 15) is 13.2 Å². The Hall–Kier alpha value is -2.80. The van der Waals surface area contributed by atoms with Gasteiger partial charge in [-0.3, -0.25) is 4.79 Å². The molecule has 32 heavy (non-hydrogen) atoms. The first-order valence-corrected chi connectivity index (χ1v) is 12.8. The van der Waals surface area contributed by atoms with Crippen molar-refractivity contribution in [1.82, 2.24) is 4.90 Å². The lowest BCUT2D eigenvalue weighted by Gasteiger charge is -2.28. The van der Waals surface area contributed by atoms with Gasteiger partial charge in [0.1, 0.15) is 5.58 Å². The third-order valence-corrected chi connectivity index (χ3v) is 7.99. The van der Waals surface area contributed by atoms with Crippen molar-refractivity contribution in [2.45, 2.75) is 38.8 Å². The Balaban J connectivity index is 1.60. The summed E-state index contributed by atoms with van der Waals surface area (Å²) in [4.78, 5) is 17.2. The van der Waals surface area contributed by atoms with E-state index < -0.39 is 9.84 Å². The molecular formula is C25H30N2O4S. The molecule has 0 aliphatic carbocycles. The van der Waals surface area contributed by atoms with E-state index in [4.69, 9.17) is 4.42 Å². The summed E-state index contributed by atoms with van der Waals surface area (Å²) in [6.07, 6.45) is 3.23. The molecule has 4 rings (SSSR count). The molecule has 1 aromatic heterocycles. The number of amides is 1. The second-order valence-electron chi connectivity index (χ2n) is 8.76. The van der Waals surface area contributed by atoms with Gasteiger partial charge in [0, 0.05) is 43.3 Å². The highest BCUT2D eigenvalue weighted by Gasteiger charge is 2.35. The maximum absolute atomic E-state index is 13.5. The number of sulfone groups is 1. The zero-order chi connectivity index (χ0) is 22.9. The zero-order valence-electron chi connectivity index (χ0n) is 18.9. The molecule has 0 bridgehead atoms. The molecule has 1 fully saturated rings. The molecule has 1 atom stereocenters. The Bertz CT molecular complexity index is 1210. The fraction of sp³-hybridized carbons (Fsp3) is 0.400. The number of rotatable bonds is 7. The number of fused-ring (bicyclic) bond motifs is 1. The molecule has 170 valence electrons. The summed E-state index contributed by atoms with van der Waals surface area (Å²) in [6, 6.07) is 13.8. The molecule has 0 radical (unpaired) electrons. The van der Waals surface area contributed by atoms with Crippen LogP contribution in [0.3, 0.4) is 0 Å². The minimum absolute atomic E-state index is 0.0284. The van der Waals surface area contributed by atoms with Crippen molar-refractivity contribution in [3.63, 3.8) is 0 Å². The van der Waals surface area contributed by atoms with Crippen molar-refractivity contribution in [2.24, 2.45) is 0 Å². The number of aryl methyl sites for hydroxylation is 1. The molecule has 0 N–H and O–H groups in total. The predicted octanol–water partition coefficient (Wildman–Crippen LogP) is 3.82. The molecule has 0 spiro atoms. The number of furan rings is 1. The van der Waals surface area contributed by atoms with Crippen LogP contribution in [0.2, 0.25) is 0 Å². The Kier molecular flexibility index (Phi) is 6.29. The summed E-state index contributed by atoms with van der Waals surface area (Å²) in [6.45, 7) is 2.48. The topological polar surface area (TPSA) is 70.8 Å². The normalized spacial score (nSPS) is 17.5. The molecule has 2 aromatic carbocycles. The van der Waals surface area contributed by atoms with Crippen LogP contribution < -0.4 is 4.90 Å². The maximum Gasteiger partial charge on any atom is 0.227 e. The molecule has 2 heterocycles. The highest BCUT2D eigenvalue weighted by molar-refractivity contribution is 7.91. The van der Waals surface area contributed by atoms with Gasteiger partial charge in [0.15, 0.2) is 9.84 Å². The van der Waals surface area contributed by atoms with Crippen molar-refractivity contribution in [1.29, 1.82) is 0 Å². The summed E-state index contributed by atoms with van der Waals surface area (Å²) in [5.41, 5.74) is 4.85. The number of benzene rings is 2. The van der Waals surface area contributed by atoms with E-state index in [0.29, 0.717) is 13.0 Å². The predicted molar refractivity (Wildman–Crippen MR) is 128 cm³/mol. The number of anilines is 1. The van der Waals surface area contributed by atoms with Crippen molar-refractivity contribution in [2.75, 3.05) is 30.5 Å². The molecule has 7 heteroatoms. The van der Waals surface area contributed by atoms with Crippen LogP contribution >= 0.6 is 0 Å². The van der Waals surface area contributed by atoms with Crippen LogP contribution in [0.1, 0.15) is 30.0 Å². The fourth-order valence-corrected chi connectivity index (χ4v) is 6.02. The van der Waals surface area contributed by atoms with Crippen LogP contribution in [0.5, 0.6) is 0 Å². The van der Waals surface area contributed by atoms with Gasteiger partial charge in [-0.25, -0.2) is 8.42 Å². The first kappa shape index (κ1) is 22.4. The quantitative estimate of drug-likeness (QED) is 0.543.